The van der Waals surface area contributed by atoms with Gasteiger partial charge in [-0.25, -0.2) is 4.79 Å². The number of anilines is 3. The number of oxime groups is 1. The van der Waals surface area contributed by atoms with Gasteiger partial charge in [-0.1, -0.05) is 71.4 Å². The molecule has 0 aliphatic carbocycles. The van der Waals surface area contributed by atoms with Gasteiger partial charge in [0.05, 0.1) is 5.71 Å². The van der Waals surface area contributed by atoms with Crippen LogP contribution in [0.5, 0.6) is 0 Å². The molecule has 0 radical (unpaired) electrons. The molecule has 214 valence electrons. The first-order valence-corrected chi connectivity index (χ1v) is 15.0. The number of aryl methyl sites for hydroxylation is 1. The van der Waals surface area contributed by atoms with Crippen LogP contribution in [0.15, 0.2) is 137 Å². The predicted molar refractivity (Wildman–Crippen MR) is 176 cm³/mol. The lowest BCUT2D eigenvalue weighted by atomic mass is 9.99. The van der Waals surface area contributed by atoms with Gasteiger partial charge in [0.2, 0.25) is 0 Å². The highest BCUT2D eigenvalue weighted by Gasteiger charge is 2.16. The second kappa shape index (κ2) is 14.0. The van der Waals surface area contributed by atoms with Crippen LogP contribution in [0.4, 0.5) is 17.1 Å². The smallest absolute Gasteiger partial charge is 0.318 e. The molecule has 0 aliphatic rings. The molecule has 0 saturated carbocycles. The summed E-state index contributed by atoms with van der Waals surface area (Å²) >= 11 is 7.60. The fourth-order valence-electron chi connectivity index (χ4n) is 4.54. The Morgan fingerprint density at radius 1 is 0.721 bits per heavy atom. The third-order valence-corrected chi connectivity index (χ3v) is 8.00. The Kier molecular flexibility index (Phi) is 9.72. The number of hydrogen-bond donors (Lipinski definition) is 0. The average molecular weight is 605 g/mol. The standard InChI is InChI=1S/C36H29ClN2O3S/c1-25-8-6-7-11-34(25)36(41)28-14-20-32(21-15-28)39(30-9-4-3-5-10-30)31-18-12-27(13-19-31)35(38-42-26(2)40)24-43-33-22-16-29(37)17-23-33/h3-23H,24H2,1-2H3. The van der Waals surface area contributed by atoms with Crippen LogP contribution in [0.25, 0.3) is 0 Å². The van der Waals surface area contributed by atoms with E-state index in [9.17, 15) is 9.59 Å². The van der Waals surface area contributed by atoms with Crippen molar-refractivity contribution in [1.82, 2.24) is 0 Å². The number of halogens is 1. The summed E-state index contributed by atoms with van der Waals surface area (Å²) in [7, 11) is 0. The van der Waals surface area contributed by atoms with Crippen LogP contribution in [-0.2, 0) is 9.63 Å². The summed E-state index contributed by atoms with van der Waals surface area (Å²) in [5, 5.41) is 4.82. The van der Waals surface area contributed by atoms with Crippen molar-refractivity contribution in [2.75, 3.05) is 10.7 Å². The Morgan fingerprint density at radius 2 is 1.28 bits per heavy atom. The summed E-state index contributed by atoms with van der Waals surface area (Å²) in [6.45, 7) is 3.27. The molecule has 5 aromatic rings. The Labute approximate surface area is 260 Å². The van der Waals surface area contributed by atoms with Gasteiger partial charge in [-0.15, -0.1) is 11.8 Å². The molecule has 5 nitrogen and oxygen atoms in total. The minimum atomic E-state index is -0.481. The van der Waals surface area contributed by atoms with E-state index in [1.54, 1.807) is 11.8 Å². The van der Waals surface area contributed by atoms with E-state index in [1.165, 1.54) is 6.92 Å². The average Bonchev–Trinajstić information content (AvgIpc) is 3.03. The second-order valence-electron chi connectivity index (χ2n) is 9.77. The lowest BCUT2D eigenvalue weighted by molar-refractivity contribution is -0.140. The fraction of sp³-hybridized carbons (Fsp3) is 0.0833. The van der Waals surface area contributed by atoms with E-state index >= 15 is 0 Å². The molecule has 0 amide bonds. The Morgan fingerprint density at radius 3 is 1.88 bits per heavy atom. The van der Waals surface area contributed by atoms with E-state index in [4.69, 9.17) is 16.4 Å². The van der Waals surface area contributed by atoms with Gasteiger partial charge in [-0.05, 0) is 85.3 Å². The van der Waals surface area contributed by atoms with Gasteiger partial charge in [0.15, 0.2) is 5.78 Å². The Hall–Kier alpha value is -4.65. The number of carbonyl (C=O) groups excluding carboxylic acids is 2. The third kappa shape index (κ3) is 7.60. The minimum Gasteiger partial charge on any atom is -0.318 e. The largest absolute Gasteiger partial charge is 0.331 e. The molecule has 5 aromatic carbocycles. The zero-order valence-electron chi connectivity index (χ0n) is 23.7. The summed E-state index contributed by atoms with van der Waals surface area (Å²) in [5.74, 6) is 0.00842. The molecule has 0 unspecified atom stereocenters. The summed E-state index contributed by atoms with van der Waals surface area (Å²) in [6, 6.07) is 40.8. The monoisotopic (exact) mass is 604 g/mol. The molecule has 0 saturated heterocycles. The highest BCUT2D eigenvalue weighted by atomic mass is 35.5. The molecule has 0 heterocycles. The molecular weight excluding hydrogens is 576 g/mol. The Bertz CT molecular complexity index is 1740. The van der Waals surface area contributed by atoms with Gasteiger partial charge >= 0.3 is 5.97 Å². The van der Waals surface area contributed by atoms with Crippen molar-refractivity contribution in [3.8, 4) is 0 Å². The highest BCUT2D eigenvalue weighted by molar-refractivity contribution is 8.00. The van der Waals surface area contributed by atoms with Crippen LogP contribution < -0.4 is 4.90 Å². The van der Waals surface area contributed by atoms with Crippen molar-refractivity contribution in [2.45, 2.75) is 18.7 Å². The van der Waals surface area contributed by atoms with Crippen molar-refractivity contribution in [1.29, 1.82) is 0 Å². The van der Waals surface area contributed by atoms with Gasteiger partial charge in [0.25, 0.3) is 0 Å². The maximum absolute atomic E-state index is 13.2. The number of para-hydroxylation sites is 1. The predicted octanol–water partition coefficient (Wildman–Crippen LogP) is 9.41. The molecule has 0 fully saturated rings. The minimum absolute atomic E-state index is 0.00340. The van der Waals surface area contributed by atoms with E-state index in [0.717, 1.165) is 33.1 Å². The molecule has 0 atom stereocenters. The topological polar surface area (TPSA) is 59.0 Å². The zero-order valence-corrected chi connectivity index (χ0v) is 25.3. The van der Waals surface area contributed by atoms with Crippen LogP contribution in [0.2, 0.25) is 5.02 Å². The highest BCUT2D eigenvalue weighted by Crippen LogP contribution is 2.35. The van der Waals surface area contributed by atoms with Crippen LogP contribution >= 0.6 is 23.4 Å². The molecule has 0 bridgehead atoms. The molecular formula is C36H29ClN2O3S. The SMILES string of the molecule is CC(=O)ON=C(CSc1ccc(Cl)cc1)c1ccc(N(c2ccccc2)c2ccc(C(=O)c3ccccc3C)cc2)cc1. The number of thioether (sulfide) groups is 1. The van der Waals surface area contributed by atoms with Crippen molar-refractivity contribution < 1.29 is 14.4 Å². The van der Waals surface area contributed by atoms with Crippen LogP contribution in [0.1, 0.15) is 34.0 Å². The zero-order chi connectivity index (χ0) is 30.2. The lowest BCUT2D eigenvalue weighted by Gasteiger charge is -2.26. The summed E-state index contributed by atoms with van der Waals surface area (Å²) in [5.41, 5.74) is 6.55. The Balaban J connectivity index is 1.43. The molecule has 7 heteroatoms. The first-order chi connectivity index (χ1) is 20.9. The van der Waals surface area contributed by atoms with E-state index in [-0.39, 0.29) is 5.78 Å². The van der Waals surface area contributed by atoms with Crippen LogP contribution in [-0.4, -0.2) is 23.2 Å². The van der Waals surface area contributed by atoms with E-state index < -0.39 is 5.97 Å². The molecule has 0 spiro atoms. The maximum Gasteiger partial charge on any atom is 0.331 e. The quantitative estimate of drug-likeness (QED) is 0.0522. The van der Waals surface area contributed by atoms with Gasteiger partial charge < -0.3 is 9.74 Å². The molecule has 5 rings (SSSR count). The summed E-state index contributed by atoms with van der Waals surface area (Å²) < 4.78 is 0. The summed E-state index contributed by atoms with van der Waals surface area (Å²) in [6.07, 6.45) is 0. The van der Waals surface area contributed by atoms with Gasteiger partial charge in [0.1, 0.15) is 0 Å². The van der Waals surface area contributed by atoms with Crippen molar-refractivity contribution >= 4 is 57.9 Å². The molecule has 0 N–H and O–H groups in total. The van der Waals surface area contributed by atoms with Crippen LogP contribution in [0.3, 0.4) is 0 Å². The lowest BCUT2D eigenvalue weighted by Crippen LogP contribution is -2.12. The fourth-order valence-corrected chi connectivity index (χ4v) is 5.51. The second-order valence-corrected chi connectivity index (χ2v) is 11.3. The van der Waals surface area contributed by atoms with Crippen molar-refractivity contribution in [3.63, 3.8) is 0 Å². The molecule has 0 aromatic heterocycles. The van der Waals surface area contributed by atoms with Gasteiger partial charge in [-0.3, -0.25) is 4.79 Å². The van der Waals surface area contributed by atoms with Crippen LogP contribution in [0, 0.1) is 6.92 Å². The summed E-state index contributed by atoms with van der Waals surface area (Å²) in [4.78, 5) is 32.9. The maximum atomic E-state index is 13.2. The first kappa shape index (κ1) is 29.8. The number of ketones is 1. The molecule has 43 heavy (non-hydrogen) atoms. The number of benzene rings is 5. The number of rotatable bonds is 10. The van der Waals surface area contributed by atoms with Gasteiger partial charge in [-0.2, -0.15) is 0 Å². The van der Waals surface area contributed by atoms with E-state index in [2.05, 4.69) is 10.1 Å². The van der Waals surface area contributed by atoms with Gasteiger partial charge in [0, 0.05) is 56.3 Å². The van der Waals surface area contributed by atoms with Crippen molar-refractivity contribution in [2.24, 2.45) is 5.16 Å². The first-order valence-electron chi connectivity index (χ1n) is 13.7. The third-order valence-electron chi connectivity index (χ3n) is 6.72. The number of hydrogen-bond acceptors (Lipinski definition) is 6. The van der Waals surface area contributed by atoms with E-state index in [1.807, 2.05) is 134 Å². The number of nitrogens with zero attached hydrogens (tertiary/aromatic N) is 2. The number of carbonyl (C=O) groups is 2. The normalized spacial score (nSPS) is 11.2. The molecule has 0 aliphatic heterocycles. The van der Waals surface area contributed by atoms with Crippen molar-refractivity contribution in [3.05, 3.63) is 155 Å². The van der Waals surface area contributed by atoms with E-state index in [0.29, 0.717) is 27.6 Å².